The second-order valence-electron chi connectivity index (χ2n) is 8.11. The van der Waals surface area contributed by atoms with Gasteiger partial charge in [0.25, 0.3) is 0 Å². The molecular formula is C27H29N3O3. The first-order chi connectivity index (χ1) is 16.1. The van der Waals surface area contributed by atoms with Crippen molar-refractivity contribution in [2.24, 2.45) is 5.92 Å². The summed E-state index contributed by atoms with van der Waals surface area (Å²) in [7, 11) is 0. The molecule has 0 spiro atoms. The fraction of sp³-hybridized carbons (Fsp3) is 0.259. The van der Waals surface area contributed by atoms with E-state index in [1.54, 1.807) is 4.90 Å². The number of carbonyl (C=O) groups is 2. The summed E-state index contributed by atoms with van der Waals surface area (Å²) < 4.78 is 5.47. The molecule has 2 N–H and O–H groups in total. The minimum atomic E-state index is -0.252. The van der Waals surface area contributed by atoms with Crippen LogP contribution in [0.3, 0.4) is 0 Å². The lowest BCUT2D eigenvalue weighted by atomic mass is 9.99. The average molecular weight is 444 g/mol. The second kappa shape index (κ2) is 10.7. The Balaban J connectivity index is 1.35. The van der Waals surface area contributed by atoms with Crippen molar-refractivity contribution in [3.05, 3.63) is 96.1 Å². The number of benzene rings is 3. The SMILES string of the molecule is CCOc1ccc(N2CC(CNC(=O)NC(c3ccccc3)c3ccccc3)CC2=O)cc1. The molecule has 0 radical (unpaired) electrons. The summed E-state index contributed by atoms with van der Waals surface area (Å²) in [6.45, 7) is 3.55. The van der Waals surface area contributed by atoms with E-state index in [0.717, 1.165) is 22.6 Å². The number of hydrogen-bond donors (Lipinski definition) is 2. The van der Waals surface area contributed by atoms with Gasteiger partial charge in [0, 0.05) is 31.1 Å². The number of carbonyl (C=O) groups excluding carboxylic acids is 2. The van der Waals surface area contributed by atoms with Crippen LogP contribution in [0, 0.1) is 5.92 Å². The van der Waals surface area contributed by atoms with Crippen molar-refractivity contribution >= 4 is 17.6 Å². The highest BCUT2D eigenvalue weighted by molar-refractivity contribution is 5.95. The molecule has 6 nitrogen and oxygen atoms in total. The summed E-state index contributed by atoms with van der Waals surface area (Å²) in [6.07, 6.45) is 0.411. The van der Waals surface area contributed by atoms with Crippen LogP contribution >= 0.6 is 0 Å². The van der Waals surface area contributed by atoms with Crippen molar-refractivity contribution in [1.29, 1.82) is 0 Å². The van der Waals surface area contributed by atoms with Crippen LogP contribution in [0.15, 0.2) is 84.9 Å². The summed E-state index contributed by atoms with van der Waals surface area (Å²) in [5.41, 5.74) is 2.87. The number of amides is 3. The number of hydrogen-bond acceptors (Lipinski definition) is 3. The highest BCUT2D eigenvalue weighted by Crippen LogP contribution is 2.27. The van der Waals surface area contributed by atoms with Crippen molar-refractivity contribution in [3.63, 3.8) is 0 Å². The smallest absolute Gasteiger partial charge is 0.315 e. The van der Waals surface area contributed by atoms with E-state index in [0.29, 0.717) is 26.1 Å². The van der Waals surface area contributed by atoms with E-state index in [2.05, 4.69) is 10.6 Å². The summed E-state index contributed by atoms with van der Waals surface area (Å²) in [5.74, 6) is 0.911. The lowest BCUT2D eigenvalue weighted by Gasteiger charge is -2.21. The molecule has 1 aliphatic rings. The van der Waals surface area contributed by atoms with Crippen molar-refractivity contribution in [2.45, 2.75) is 19.4 Å². The highest BCUT2D eigenvalue weighted by Gasteiger charge is 2.31. The molecule has 3 aromatic carbocycles. The zero-order chi connectivity index (χ0) is 23.0. The Labute approximate surface area is 194 Å². The Morgan fingerprint density at radius 2 is 1.58 bits per heavy atom. The van der Waals surface area contributed by atoms with Gasteiger partial charge in [-0.3, -0.25) is 4.79 Å². The van der Waals surface area contributed by atoms with Crippen LogP contribution in [-0.2, 0) is 4.79 Å². The van der Waals surface area contributed by atoms with E-state index in [-0.39, 0.29) is 23.9 Å². The molecule has 1 atom stereocenters. The first kappa shape index (κ1) is 22.4. The molecule has 1 fully saturated rings. The van der Waals surface area contributed by atoms with E-state index in [1.807, 2.05) is 91.9 Å². The number of nitrogens with zero attached hydrogens (tertiary/aromatic N) is 1. The molecule has 3 amide bonds. The Bertz CT molecular complexity index is 1020. The van der Waals surface area contributed by atoms with E-state index >= 15 is 0 Å². The van der Waals surface area contributed by atoms with Crippen LogP contribution in [0.5, 0.6) is 5.75 Å². The minimum Gasteiger partial charge on any atom is -0.494 e. The predicted molar refractivity (Wildman–Crippen MR) is 129 cm³/mol. The van der Waals surface area contributed by atoms with Crippen molar-refractivity contribution in [1.82, 2.24) is 10.6 Å². The van der Waals surface area contributed by atoms with Crippen LogP contribution in [0.25, 0.3) is 0 Å². The van der Waals surface area contributed by atoms with Gasteiger partial charge in [0.1, 0.15) is 5.75 Å². The van der Waals surface area contributed by atoms with E-state index in [9.17, 15) is 9.59 Å². The molecule has 6 heteroatoms. The summed E-state index contributed by atoms with van der Waals surface area (Å²) in [6, 6.07) is 26.8. The minimum absolute atomic E-state index is 0.0571. The Hall–Kier alpha value is -3.80. The summed E-state index contributed by atoms with van der Waals surface area (Å²) >= 11 is 0. The van der Waals surface area contributed by atoms with Gasteiger partial charge in [0.05, 0.1) is 12.6 Å². The van der Waals surface area contributed by atoms with Gasteiger partial charge in [0.15, 0.2) is 0 Å². The van der Waals surface area contributed by atoms with Gasteiger partial charge in [-0.05, 0) is 42.3 Å². The zero-order valence-electron chi connectivity index (χ0n) is 18.7. The molecule has 170 valence electrons. The molecule has 1 heterocycles. The first-order valence-corrected chi connectivity index (χ1v) is 11.3. The van der Waals surface area contributed by atoms with E-state index in [1.165, 1.54) is 0 Å². The fourth-order valence-electron chi connectivity index (χ4n) is 4.13. The molecule has 4 rings (SSSR count). The number of urea groups is 1. The Kier molecular flexibility index (Phi) is 7.25. The normalized spacial score (nSPS) is 15.5. The molecule has 0 bridgehead atoms. The third-order valence-corrected chi connectivity index (χ3v) is 5.76. The molecule has 33 heavy (non-hydrogen) atoms. The maximum atomic E-state index is 12.8. The van der Waals surface area contributed by atoms with Crippen LogP contribution in [0.1, 0.15) is 30.5 Å². The van der Waals surface area contributed by atoms with Crippen LogP contribution in [-0.4, -0.2) is 31.6 Å². The Morgan fingerprint density at radius 1 is 0.970 bits per heavy atom. The van der Waals surface area contributed by atoms with Crippen molar-refractivity contribution < 1.29 is 14.3 Å². The largest absolute Gasteiger partial charge is 0.494 e. The Morgan fingerprint density at radius 3 is 2.15 bits per heavy atom. The number of nitrogens with one attached hydrogen (secondary N) is 2. The lowest BCUT2D eigenvalue weighted by molar-refractivity contribution is -0.117. The van der Waals surface area contributed by atoms with Gasteiger partial charge in [0.2, 0.25) is 5.91 Å². The average Bonchev–Trinajstić information content (AvgIpc) is 3.23. The first-order valence-electron chi connectivity index (χ1n) is 11.3. The fourth-order valence-corrected chi connectivity index (χ4v) is 4.13. The van der Waals surface area contributed by atoms with Crippen molar-refractivity contribution in [2.75, 3.05) is 24.6 Å². The van der Waals surface area contributed by atoms with Crippen LogP contribution in [0.2, 0.25) is 0 Å². The maximum absolute atomic E-state index is 12.8. The molecule has 0 aromatic heterocycles. The van der Waals surface area contributed by atoms with Gasteiger partial charge >= 0.3 is 6.03 Å². The molecule has 0 aliphatic carbocycles. The van der Waals surface area contributed by atoms with E-state index < -0.39 is 0 Å². The molecular weight excluding hydrogens is 414 g/mol. The lowest BCUT2D eigenvalue weighted by Crippen LogP contribution is -2.41. The second-order valence-corrected chi connectivity index (χ2v) is 8.11. The molecule has 1 unspecified atom stereocenters. The van der Waals surface area contributed by atoms with Crippen molar-refractivity contribution in [3.8, 4) is 5.75 Å². The number of anilines is 1. The number of ether oxygens (including phenoxy) is 1. The third kappa shape index (κ3) is 5.71. The zero-order valence-corrected chi connectivity index (χ0v) is 18.7. The molecule has 1 saturated heterocycles. The standard InChI is InChI=1S/C27H29N3O3/c1-2-33-24-15-13-23(14-16-24)30-19-20(17-25(30)31)18-28-27(32)29-26(21-9-5-3-6-10-21)22-11-7-4-8-12-22/h3-16,20,26H,2,17-19H2,1H3,(H2,28,29,32). The summed E-state index contributed by atoms with van der Waals surface area (Å²) in [5, 5.41) is 6.05. The number of rotatable bonds is 8. The predicted octanol–water partition coefficient (Wildman–Crippen LogP) is 4.53. The van der Waals surface area contributed by atoms with Crippen LogP contribution in [0.4, 0.5) is 10.5 Å². The van der Waals surface area contributed by atoms with Gasteiger partial charge in [-0.1, -0.05) is 60.7 Å². The maximum Gasteiger partial charge on any atom is 0.315 e. The topological polar surface area (TPSA) is 70.7 Å². The van der Waals surface area contributed by atoms with E-state index in [4.69, 9.17) is 4.74 Å². The van der Waals surface area contributed by atoms with Gasteiger partial charge < -0.3 is 20.3 Å². The van der Waals surface area contributed by atoms with Gasteiger partial charge in [-0.2, -0.15) is 0 Å². The molecule has 1 aliphatic heterocycles. The van der Waals surface area contributed by atoms with Crippen LogP contribution < -0.4 is 20.3 Å². The van der Waals surface area contributed by atoms with Gasteiger partial charge in [-0.15, -0.1) is 0 Å². The summed E-state index contributed by atoms with van der Waals surface area (Å²) in [4.78, 5) is 27.1. The third-order valence-electron chi connectivity index (χ3n) is 5.76. The highest BCUT2D eigenvalue weighted by atomic mass is 16.5. The van der Waals surface area contributed by atoms with Gasteiger partial charge in [-0.25, -0.2) is 4.79 Å². The molecule has 3 aromatic rings. The monoisotopic (exact) mass is 443 g/mol. The quantitative estimate of drug-likeness (QED) is 0.538. The molecule has 0 saturated carbocycles.